The first kappa shape index (κ1) is 13.6. The zero-order valence-electron chi connectivity index (χ0n) is 11.6. The Labute approximate surface area is 125 Å². The zero-order chi connectivity index (χ0) is 14.8. The van der Waals surface area contributed by atoms with Gasteiger partial charge in [-0.05, 0) is 30.5 Å². The number of H-pyrrole nitrogens is 1. The van der Waals surface area contributed by atoms with E-state index in [1.165, 1.54) is 11.2 Å². The molecule has 2 heterocycles. The van der Waals surface area contributed by atoms with Gasteiger partial charge in [0.2, 0.25) is 0 Å². The zero-order valence-corrected chi connectivity index (χ0v) is 12.4. The van der Waals surface area contributed by atoms with Crippen molar-refractivity contribution < 1.29 is 0 Å². The van der Waals surface area contributed by atoms with Gasteiger partial charge in [-0.25, -0.2) is 4.98 Å². The molecule has 1 unspecified atom stereocenters. The van der Waals surface area contributed by atoms with E-state index in [0.29, 0.717) is 16.6 Å². The Morgan fingerprint density at radius 1 is 1.48 bits per heavy atom. The SMILES string of the molecule is CC(Cc1cccs1)Nc1cc2nc[nH]c(=O)c2cc1N. The predicted molar refractivity (Wildman–Crippen MR) is 87.9 cm³/mol. The van der Waals surface area contributed by atoms with Crippen molar-refractivity contribution in [3.8, 4) is 0 Å². The molecule has 1 atom stereocenters. The van der Waals surface area contributed by atoms with Crippen molar-refractivity contribution >= 4 is 33.6 Å². The highest BCUT2D eigenvalue weighted by Crippen LogP contribution is 2.24. The third-order valence-corrected chi connectivity index (χ3v) is 4.20. The van der Waals surface area contributed by atoms with Gasteiger partial charge in [0.25, 0.3) is 5.56 Å². The molecule has 108 valence electrons. The second kappa shape index (κ2) is 5.57. The van der Waals surface area contributed by atoms with E-state index < -0.39 is 0 Å². The number of rotatable bonds is 4. The van der Waals surface area contributed by atoms with Gasteiger partial charge in [0.05, 0.1) is 28.6 Å². The first-order valence-corrected chi connectivity index (χ1v) is 7.57. The summed E-state index contributed by atoms with van der Waals surface area (Å²) in [5.74, 6) is 0. The lowest BCUT2D eigenvalue weighted by Crippen LogP contribution is -2.18. The molecule has 6 heteroatoms. The Balaban J connectivity index is 1.86. The summed E-state index contributed by atoms with van der Waals surface area (Å²) in [6.45, 7) is 2.11. The summed E-state index contributed by atoms with van der Waals surface area (Å²) in [5, 5.41) is 5.97. The van der Waals surface area contributed by atoms with Gasteiger partial charge >= 0.3 is 0 Å². The number of nitrogens with one attached hydrogen (secondary N) is 2. The number of hydrogen-bond donors (Lipinski definition) is 3. The van der Waals surface area contributed by atoms with Crippen LogP contribution in [0.25, 0.3) is 10.9 Å². The van der Waals surface area contributed by atoms with Crippen LogP contribution in [-0.4, -0.2) is 16.0 Å². The van der Waals surface area contributed by atoms with E-state index in [9.17, 15) is 4.79 Å². The molecule has 0 saturated carbocycles. The maximum atomic E-state index is 11.7. The summed E-state index contributed by atoms with van der Waals surface area (Å²) in [6.07, 6.45) is 2.33. The maximum Gasteiger partial charge on any atom is 0.258 e. The Kier molecular flexibility index (Phi) is 3.62. The number of nitrogens with zero attached hydrogens (tertiary/aromatic N) is 1. The van der Waals surface area contributed by atoms with Crippen molar-refractivity contribution in [1.29, 1.82) is 0 Å². The van der Waals surface area contributed by atoms with E-state index in [4.69, 9.17) is 5.73 Å². The number of anilines is 2. The fourth-order valence-corrected chi connectivity index (χ4v) is 3.14. The van der Waals surface area contributed by atoms with Gasteiger partial charge in [0.1, 0.15) is 0 Å². The molecule has 1 aromatic carbocycles. The first-order chi connectivity index (χ1) is 10.1. The van der Waals surface area contributed by atoms with E-state index in [2.05, 4.69) is 33.7 Å². The van der Waals surface area contributed by atoms with Crippen LogP contribution in [0.15, 0.2) is 40.8 Å². The molecule has 3 aromatic rings. The molecular weight excluding hydrogens is 284 g/mol. The molecule has 4 N–H and O–H groups in total. The van der Waals surface area contributed by atoms with Gasteiger partial charge < -0.3 is 16.0 Å². The number of aromatic amines is 1. The van der Waals surface area contributed by atoms with Crippen molar-refractivity contribution in [3.05, 3.63) is 51.2 Å². The fourth-order valence-electron chi connectivity index (χ4n) is 2.30. The molecule has 0 amide bonds. The van der Waals surface area contributed by atoms with Crippen molar-refractivity contribution in [3.63, 3.8) is 0 Å². The van der Waals surface area contributed by atoms with E-state index >= 15 is 0 Å². The lowest BCUT2D eigenvalue weighted by molar-refractivity contribution is 0.801. The second-order valence-corrected chi connectivity index (χ2v) is 6.05. The molecule has 21 heavy (non-hydrogen) atoms. The molecule has 0 spiro atoms. The first-order valence-electron chi connectivity index (χ1n) is 6.69. The predicted octanol–water partition coefficient (Wildman–Crippen LogP) is 2.61. The van der Waals surface area contributed by atoms with Crippen LogP contribution in [0, 0.1) is 0 Å². The highest BCUT2D eigenvalue weighted by Gasteiger charge is 2.09. The molecule has 2 aromatic heterocycles. The van der Waals surface area contributed by atoms with Gasteiger partial charge in [-0.1, -0.05) is 6.07 Å². The number of thiophene rings is 1. The molecule has 0 fully saturated rings. The van der Waals surface area contributed by atoms with Crippen LogP contribution in [0.3, 0.4) is 0 Å². The Bertz CT molecular complexity index is 810. The fraction of sp³-hybridized carbons (Fsp3) is 0.200. The van der Waals surface area contributed by atoms with E-state index in [1.54, 1.807) is 17.4 Å². The van der Waals surface area contributed by atoms with Gasteiger partial charge in [-0.15, -0.1) is 11.3 Å². The van der Waals surface area contributed by atoms with Crippen molar-refractivity contribution in [1.82, 2.24) is 9.97 Å². The van der Waals surface area contributed by atoms with Crippen LogP contribution >= 0.6 is 11.3 Å². The minimum Gasteiger partial charge on any atom is -0.397 e. The van der Waals surface area contributed by atoms with Crippen LogP contribution in [0.2, 0.25) is 0 Å². The van der Waals surface area contributed by atoms with E-state index in [-0.39, 0.29) is 11.6 Å². The van der Waals surface area contributed by atoms with Crippen molar-refractivity contribution in [2.75, 3.05) is 11.1 Å². The van der Waals surface area contributed by atoms with Crippen LogP contribution in [0.5, 0.6) is 0 Å². The van der Waals surface area contributed by atoms with E-state index in [0.717, 1.165) is 12.1 Å². The molecule has 0 radical (unpaired) electrons. The number of benzene rings is 1. The minimum absolute atomic E-state index is 0.176. The third kappa shape index (κ3) is 2.90. The highest BCUT2D eigenvalue weighted by molar-refractivity contribution is 7.09. The van der Waals surface area contributed by atoms with Gasteiger partial charge in [-0.3, -0.25) is 4.79 Å². The average Bonchev–Trinajstić information content (AvgIpc) is 2.93. The Hall–Kier alpha value is -2.34. The summed E-state index contributed by atoms with van der Waals surface area (Å²) in [7, 11) is 0. The number of nitrogen functional groups attached to an aromatic ring is 1. The summed E-state index contributed by atoms with van der Waals surface area (Å²) in [6, 6.07) is 7.90. The number of fused-ring (bicyclic) bond motifs is 1. The lowest BCUT2D eigenvalue weighted by Gasteiger charge is -2.16. The summed E-state index contributed by atoms with van der Waals surface area (Å²) < 4.78 is 0. The third-order valence-electron chi connectivity index (χ3n) is 3.30. The second-order valence-electron chi connectivity index (χ2n) is 5.02. The summed E-state index contributed by atoms with van der Waals surface area (Å²) in [5.41, 5.74) is 7.86. The Morgan fingerprint density at radius 3 is 3.10 bits per heavy atom. The van der Waals surface area contributed by atoms with Gasteiger partial charge in [0.15, 0.2) is 0 Å². The van der Waals surface area contributed by atoms with Crippen LogP contribution < -0.4 is 16.6 Å². The molecule has 3 rings (SSSR count). The molecular formula is C15H16N4OS. The molecule has 5 nitrogen and oxygen atoms in total. The molecule has 0 bridgehead atoms. The molecule has 0 aliphatic rings. The van der Waals surface area contributed by atoms with Gasteiger partial charge in [-0.2, -0.15) is 0 Å². The normalized spacial score (nSPS) is 12.4. The Morgan fingerprint density at radius 2 is 2.33 bits per heavy atom. The van der Waals surface area contributed by atoms with Crippen molar-refractivity contribution in [2.24, 2.45) is 0 Å². The molecule has 0 saturated heterocycles. The van der Waals surface area contributed by atoms with Gasteiger partial charge in [0, 0.05) is 17.3 Å². The highest BCUT2D eigenvalue weighted by atomic mass is 32.1. The van der Waals surface area contributed by atoms with Crippen LogP contribution in [-0.2, 0) is 6.42 Å². The monoisotopic (exact) mass is 300 g/mol. The largest absolute Gasteiger partial charge is 0.397 e. The summed E-state index contributed by atoms with van der Waals surface area (Å²) in [4.78, 5) is 19.8. The smallest absolute Gasteiger partial charge is 0.258 e. The van der Waals surface area contributed by atoms with Crippen molar-refractivity contribution in [2.45, 2.75) is 19.4 Å². The lowest BCUT2D eigenvalue weighted by atomic mass is 10.1. The maximum absolute atomic E-state index is 11.7. The molecule has 0 aliphatic carbocycles. The summed E-state index contributed by atoms with van der Waals surface area (Å²) >= 11 is 1.74. The number of hydrogen-bond acceptors (Lipinski definition) is 5. The topological polar surface area (TPSA) is 83.8 Å². The standard InChI is InChI=1S/C15H16N4OS/c1-9(5-10-3-2-4-21-10)19-14-7-13-11(6-12(14)16)15(20)18-8-17-13/h2-4,6-9,19H,5,16H2,1H3,(H,17,18,20). The van der Waals surface area contributed by atoms with Crippen LogP contribution in [0.4, 0.5) is 11.4 Å². The van der Waals surface area contributed by atoms with E-state index in [1.807, 2.05) is 12.1 Å². The quantitative estimate of drug-likeness (QED) is 0.647. The number of nitrogens with two attached hydrogens (primary N) is 1. The molecule has 0 aliphatic heterocycles. The van der Waals surface area contributed by atoms with Crippen LogP contribution in [0.1, 0.15) is 11.8 Å². The average molecular weight is 300 g/mol. The minimum atomic E-state index is -0.176. The number of aromatic nitrogens is 2.